The molecule has 298 valence electrons. The Hall–Kier alpha value is -3.00. The Morgan fingerprint density at radius 3 is 2.19 bits per heavy atom. The second-order valence-electron chi connectivity index (χ2n) is 20.5. The maximum Gasteiger partial charge on any atom is 0.309 e. The smallest absolute Gasteiger partial charge is 0.309 e. The molecular formula is C46H67NO7. The first-order chi connectivity index (χ1) is 25.0. The quantitative estimate of drug-likeness (QED) is 0.230. The van der Waals surface area contributed by atoms with Gasteiger partial charge in [-0.05, 0) is 116 Å². The van der Waals surface area contributed by atoms with Crippen molar-refractivity contribution in [1.29, 1.82) is 0 Å². The number of carbonyl (C=O) groups excluding carboxylic acids is 3. The Morgan fingerprint density at radius 2 is 1.57 bits per heavy atom. The van der Waals surface area contributed by atoms with Gasteiger partial charge in [0.2, 0.25) is 5.91 Å². The summed E-state index contributed by atoms with van der Waals surface area (Å²) in [4.78, 5) is 53.8. The van der Waals surface area contributed by atoms with Gasteiger partial charge in [-0.15, -0.1) is 0 Å². The molecule has 0 spiro atoms. The number of allylic oxidation sites excluding steroid dienone is 1. The molecule has 5 aliphatic rings. The van der Waals surface area contributed by atoms with Crippen molar-refractivity contribution >= 4 is 23.6 Å². The van der Waals surface area contributed by atoms with E-state index in [2.05, 4.69) is 48.5 Å². The number of amides is 1. The van der Waals surface area contributed by atoms with Crippen LogP contribution in [-0.2, 0) is 30.5 Å². The van der Waals surface area contributed by atoms with Crippen LogP contribution in [0.1, 0.15) is 139 Å². The molecule has 2 N–H and O–H groups in total. The average Bonchev–Trinajstić information content (AvgIpc) is 3.39. The number of fused-ring (bicyclic) bond motifs is 7. The Bertz CT molecular complexity index is 1690. The number of Topliss-reactive ketones (excluding diaryl/α,β-unsaturated/α-hetero) is 1. The maximum absolute atomic E-state index is 14.2. The second kappa shape index (κ2) is 13.9. The molecule has 9 atom stereocenters. The molecule has 4 saturated carbocycles. The first-order valence-electron chi connectivity index (χ1n) is 20.7. The largest absolute Gasteiger partial charge is 0.481 e. The molecular weight excluding hydrogens is 679 g/mol. The van der Waals surface area contributed by atoms with E-state index in [-0.39, 0.29) is 64.3 Å². The molecule has 0 saturated heterocycles. The molecule has 4 fully saturated rings. The molecule has 0 heterocycles. The number of aliphatic hydroxyl groups excluding tert-OH is 1. The van der Waals surface area contributed by atoms with Gasteiger partial charge < -0.3 is 19.8 Å². The Morgan fingerprint density at radius 1 is 0.907 bits per heavy atom. The minimum absolute atomic E-state index is 0.00282. The van der Waals surface area contributed by atoms with E-state index in [1.165, 1.54) is 5.57 Å². The third kappa shape index (κ3) is 6.29. The number of aliphatic hydroxyl groups is 1. The van der Waals surface area contributed by atoms with E-state index in [9.17, 15) is 29.4 Å². The van der Waals surface area contributed by atoms with Crippen molar-refractivity contribution in [1.82, 2.24) is 4.90 Å². The standard InChI is InChI=1S/C46H67NO7/c1-28(2)38-32(49)24-46(35(50)27-47(29(3)48)26-30-14-12-11-13-15-30)23-22-44(9)31(39(38)46)16-17-34-43(8)20-19-36(54-37(51)25-41(4,5)40(52)53)42(6,7)33(43)18-21-45(34,44)10/h11-15,28,31,33-36,50H,16-27H2,1-10H3,(H,52,53)/t31-,33-,34-,35+,36+,43+,44-,45-,46+/m1/s1. The summed E-state index contributed by atoms with van der Waals surface area (Å²) in [6.07, 6.45) is 6.50. The number of carboxylic acid groups (broad SMARTS) is 1. The van der Waals surface area contributed by atoms with Gasteiger partial charge in [0.1, 0.15) is 6.10 Å². The molecule has 1 amide bonds. The molecule has 5 aliphatic carbocycles. The fourth-order valence-corrected chi connectivity index (χ4v) is 13.4. The lowest BCUT2D eigenvalue weighted by molar-refractivity contribution is -0.235. The number of carboxylic acids is 1. The van der Waals surface area contributed by atoms with Gasteiger partial charge in [-0.25, -0.2) is 0 Å². The Kier molecular flexibility index (Phi) is 10.5. The summed E-state index contributed by atoms with van der Waals surface area (Å²) in [5, 5.41) is 22.0. The maximum atomic E-state index is 14.2. The molecule has 6 rings (SSSR count). The van der Waals surface area contributed by atoms with Crippen LogP contribution in [0.25, 0.3) is 0 Å². The Labute approximate surface area is 323 Å². The zero-order chi connectivity index (χ0) is 39.8. The minimum atomic E-state index is -1.18. The molecule has 0 aromatic heterocycles. The number of hydrogen-bond acceptors (Lipinski definition) is 6. The highest BCUT2D eigenvalue weighted by Gasteiger charge is 2.71. The molecule has 0 unspecified atom stereocenters. The zero-order valence-corrected chi connectivity index (χ0v) is 34.7. The highest BCUT2D eigenvalue weighted by atomic mass is 16.5. The number of ketones is 1. The molecule has 0 aliphatic heterocycles. The van der Waals surface area contributed by atoms with Gasteiger partial charge >= 0.3 is 11.9 Å². The van der Waals surface area contributed by atoms with Crippen LogP contribution in [0.2, 0.25) is 0 Å². The molecule has 1 aromatic rings. The van der Waals surface area contributed by atoms with Crippen LogP contribution in [0.5, 0.6) is 0 Å². The highest BCUT2D eigenvalue weighted by molar-refractivity contribution is 6.00. The van der Waals surface area contributed by atoms with Crippen LogP contribution in [0.4, 0.5) is 0 Å². The summed E-state index contributed by atoms with van der Waals surface area (Å²) in [5.74, 6) is -0.328. The van der Waals surface area contributed by atoms with E-state index in [0.717, 1.165) is 62.5 Å². The predicted molar refractivity (Wildman–Crippen MR) is 209 cm³/mol. The van der Waals surface area contributed by atoms with Gasteiger partial charge in [-0.2, -0.15) is 0 Å². The molecule has 8 nitrogen and oxygen atoms in total. The van der Waals surface area contributed by atoms with Crippen LogP contribution >= 0.6 is 0 Å². The fourth-order valence-electron chi connectivity index (χ4n) is 13.4. The summed E-state index contributed by atoms with van der Waals surface area (Å²) >= 11 is 0. The number of rotatable bonds is 10. The normalized spacial score (nSPS) is 36.4. The molecule has 8 heteroatoms. The predicted octanol–water partition coefficient (Wildman–Crippen LogP) is 8.79. The molecule has 54 heavy (non-hydrogen) atoms. The number of nitrogens with zero attached hydrogens (tertiary/aromatic N) is 1. The van der Waals surface area contributed by atoms with Crippen molar-refractivity contribution in [2.75, 3.05) is 6.54 Å². The van der Waals surface area contributed by atoms with E-state index >= 15 is 0 Å². The van der Waals surface area contributed by atoms with Crippen molar-refractivity contribution in [3.8, 4) is 0 Å². The first-order valence-corrected chi connectivity index (χ1v) is 20.7. The summed E-state index contributed by atoms with van der Waals surface area (Å²) in [5.41, 5.74) is 0.991. The van der Waals surface area contributed by atoms with Gasteiger partial charge in [0.15, 0.2) is 5.78 Å². The number of esters is 1. The lowest BCUT2D eigenvalue weighted by Crippen LogP contribution is -2.66. The van der Waals surface area contributed by atoms with Crippen LogP contribution in [-0.4, -0.2) is 57.5 Å². The van der Waals surface area contributed by atoms with E-state index in [1.807, 2.05) is 30.3 Å². The number of aliphatic carboxylic acids is 1. The third-order valence-corrected chi connectivity index (χ3v) is 16.6. The third-order valence-electron chi connectivity index (χ3n) is 16.6. The van der Waals surface area contributed by atoms with Crippen molar-refractivity contribution in [2.45, 2.75) is 152 Å². The van der Waals surface area contributed by atoms with Crippen LogP contribution in [0.15, 0.2) is 41.5 Å². The van der Waals surface area contributed by atoms with Gasteiger partial charge in [0.05, 0.1) is 17.9 Å². The van der Waals surface area contributed by atoms with E-state index in [0.29, 0.717) is 24.8 Å². The lowest BCUT2D eigenvalue weighted by atomic mass is 9.33. The summed E-state index contributed by atoms with van der Waals surface area (Å²) in [6.45, 7) is 21.6. The molecule has 0 bridgehead atoms. The Balaban J connectivity index is 1.29. The minimum Gasteiger partial charge on any atom is -0.481 e. The van der Waals surface area contributed by atoms with Gasteiger partial charge in [0, 0.05) is 37.3 Å². The highest BCUT2D eigenvalue weighted by Crippen LogP contribution is 2.77. The summed E-state index contributed by atoms with van der Waals surface area (Å²) < 4.78 is 6.17. The van der Waals surface area contributed by atoms with Crippen LogP contribution < -0.4 is 0 Å². The topological polar surface area (TPSA) is 121 Å². The summed E-state index contributed by atoms with van der Waals surface area (Å²) in [6, 6.07) is 9.90. The van der Waals surface area contributed by atoms with Crippen LogP contribution in [0, 0.1) is 56.2 Å². The number of hydrogen-bond donors (Lipinski definition) is 2. The van der Waals surface area contributed by atoms with Gasteiger partial charge in [0.25, 0.3) is 0 Å². The summed E-state index contributed by atoms with van der Waals surface area (Å²) in [7, 11) is 0. The van der Waals surface area contributed by atoms with Crippen LogP contribution in [0.3, 0.4) is 0 Å². The second-order valence-corrected chi connectivity index (χ2v) is 20.5. The number of benzene rings is 1. The van der Waals surface area contributed by atoms with E-state index in [1.54, 1.807) is 25.7 Å². The fraction of sp³-hybridized carbons (Fsp3) is 0.739. The SMILES string of the molecule is CC(=O)N(Cc1ccccc1)C[C@H](O)[C@@]12CC[C@]3(C)[C@H](CC[C@@H]4[C@@]5(C)CC[C@H](OC(=O)CC(C)(C)C(=O)O)C(C)(C)[C@H]5CC[C@]43C)C1=C(C(C)C)C(=O)C2. The average molecular weight is 746 g/mol. The lowest BCUT2D eigenvalue weighted by Gasteiger charge is -2.72. The van der Waals surface area contributed by atoms with Gasteiger partial charge in [-0.1, -0.05) is 84.4 Å². The molecule has 1 aromatic carbocycles. The first kappa shape index (κ1) is 40.7. The van der Waals surface area contributed by atoms with E-state index in [4.69, 9.17) is 4.74 Å². The van der Waals surface area contributed by atoms with Crippen molar-refractivity contribution in [3.63, 3.8) is 0 Å². The number of carbonyl (C=O) groups is 4. The zero-order valence-electron chi connectivity index (χ0n) is 34.7. The monoisotopic (exact) mass is 745 g/mol. The van der Waals surface area contributed by atoms with Crippen molar-refractivity contribution in [3.05, 3.63) is 47.0 Å². The molecule has 0 radical (unpaired) electrons. The van der Waals surface area contributed by atoms with Crippen molar-refractivity contribution < 1.29 is 34.1 Å². The van der Waals surface area contributed by atoms with Gasteiger partial charge in [-0.3, -0.25) is 19.2 Å². The number of ether oxygens (including phenoxy) is 1. The van der Waals surface area contributed by atoms with Crippen molar-refractivity contribution in [2.24, 2.45) is 56.2 Å². The van der Waals surface area contributed by atoms with E-state index < -0.39 is 28.9 Å².